The van der Waals surface area contributed by atoms with Gasteiger partial charge in [-0.2, -0.15) is 0 Å². The van der Waals surface area contributed by atoms with Gasteiger partial charge in [-0.15, -0.1) is 0 Å². The van der Waals surface area contributed by atoms with Crippen LogP contribution in [0.15, 0.2) is 30.5 Å². The van der Waals surface area contributed by atoms with E-state index in [-0.39, 0.29) is 18.2 Å². The number of hydrogen-bond acceptors (Lipinski definition) is 5. The number of carbonyl (C=O) groups is 2. The van der Waals surface area contributed by atoms with Gasteiger partial charge in [0.1, 0.15) is 6.04 Å². The number of aromatic nitrogens is 1. The number of imide groups is 1. The first-order valence-electron chi connectivity index (χ1n) is 6.27. The number of fused-ring (bicyclic) bond motifs is 1. The molecule has 1 aliphatic heterocycles. The molecule has 3 rings (SSSR count). The summed E-state index contributed by atoms with van der Waals surface area (Å²) in [5, 5.41) is 3.99. The summed E-state index contributed by atoms with van der Waals surface area (Å²) in [4.78, 5) is 28.8. The molecule has 0 bridgehead atoms. The Kier molecular flexibility index (Phi) is 2.78. The summed E-state index contributed by atoms with van der Waals surface area (Å²) in [6.07, 6.45) is 1.82. The molecular formula is C14H14N4O2. The summed E-state index contributed by atoms with van der Waals surface area (Å²) in [5.74, 6) is -0.384. The lowest BCUT2D eigenvalue weighted by Gasteiger charge is -2.14. The number of amides is 2. The molecule has 20 heavy (non-hydrogen) atoms. The van der Waals surface area contributed by atoms with Gasteiger partial charge in [-0.1, -0.05) is 0 Å². The second-order valence-corrected chi connectivity index (χ2v) is 4.83. The van der Waals surface area contributed by atoms with Gasteiger partial charge in [0.05, 0.1) is 11.9 Å². The van der Waals surface area contributed by atoms with Crippen molar-refractivity contribution in [1.82, 2.24) is 9.88 Å². The number of nitrogens with zero attached hydrogens (tertiary/aromatic N) is 2. The van der Waals surface area contributed by atoms with Crippen LogP contribution in [0.1, 0.15) is 6.42 Å². The van der Waals surface area contributed by atoms with E-state index in [1.807, 2.05) is 6.07 Å². The van der Waals surface area contributed by atoms with Crippen LogP contribution < -0.4 is 11.1 Å². The molecule has 1 aliphatic rings. The maximum absolute atomic E-state index is 11.9. The minimum Gasteiger partial charge on any atom is -0.399 e. The third-order valence-corrected chi connectivity index (χ3v) is 3.48. The lowest BCUT2D eigenvalue weighted by atomic mass is 10.1. The van der Waals surface area contributed by atoms with E-state index in [1.165, 1.54) is 7.05 Å². The highest BCUT2D eigenvalue weighted by Gasteiger charge is 2.36. The normalized spacial score (nSPS) is 18.9. The number of nitrogens with one attached hydrogen (secondary N) is 1. The minimum atomic E-state index is -0.518. The zero-order valence-electron chi connectivity index (χ0n) is 11.0. The van der Waals surface area contributed by atoms with E-state index in [1.54, 1.807) is 24.4 Å². The minimum absolute atomic E-state index is 0.171. The number of pyridine rings is 1. The van der Waals surface area contributed by atoms with Gasteiger partial charge in [0, 0.05) is 30.0 Å². The molecule has 0 aliphatic carbocycles. The Morgan fingerprint density at radius 1 is 1.35 bits per heavy atom. The average Bonchev–Trinajstić information content (AvgIpc) is 2.66. The standard InChI is InChI=1S/C14H14N4O2/c1-18-13(19)7-12(14(18)20)17-10-4-5-16-11-6-8(15)2-3-9(10)11/h2-6,12H,7,15H2,1H3,(H,16,17). The van der Waals surface area contributed by atoms with E-state index in [9.17, 15) is 9.59 Å². The van der Waals surface area contributed by atoms with Crippen molar-refractivity contribution in [1.29, 1.82) is 0 Å². The highest BCUT2D eigenvalue weighted by Crippen LogP contribution is 2.25. The van der Waals surface area contributed by atoms with Crippen LogP contribution in [0, 0.1) is 0 Å². The predicted molar refractivity (Wildman–Crippen MR) is 76.0 cm³/mol. The molecule has 1 atom stereocenters. The van der Waals surface area contributed by atoms with Crippen molar-refractivity contribution in [3.63, 3.8) is 0 Å². The molecule has 0 spiro atoms. The summed E-state index contributed by atoms with van der Waals surface area (Å²) in [7, 11) is 1.50. The third-order valence-electron chi connectivity index (χ3n) is 3.48. The number of likely N-dealkylation sites (tertiary alicyclic amines) is 1. The first-order valence-corrected chi connectivity index (χ1v) is 6.27. The van der Waals surface area contributed by atoms with Crippen LogP contribution in [0.25, 0.3) is 10.9 Å². The second kappa shape index (κ2) is 4.48. The molecule has 102 valence electrons. The Labute approximate surface area is 115 Å². The second-order valence-electron chi connectivity index (χ2n) is 4.83. The molecular weight excluding hydrogens is 256 g/mol. The average molecular weight is 270 g/mol. The number of carbonyl (C=O) groups excluding carboxylic acids is 2. The summed E-state index contributed by atoms with van der Waals surface area (Å²) in [5.41, 5.74) is 7.89. The molecule has 1 fully saturated rings. The Bertz CT molecular complexity index is 713. The van der Waals surface area contributed by atoms with Gasteiger partial charge >= 0.3 is 0 Å². The van der Waals surface area contributed by atoms with Gasteiger partial charge < -0.3 is 11.1 Å². The highest BCUT2D eigenvalue weighted by molar-refractivity contribution is 6.07. The number of likely N-dealkylation sites (N-methyl/N-ethyl adjacent to an activating group) is 1. The SMILES string of the molecule is CN1C(=O)CC(Nc2ccnc3cc(N)ccc23)C1=O. The number of anilines is 2. The molecule has 6 heteroatoms. The van der Waals surface area contributed by atoms with Crippen LogP contribution >= 0.6 is 0 Å². The largest absolute Gasteiger partial charge is 0.399 e. The van der Waals surface area contributed by atoms with E-state index in [0.717, 1.165) is 21.5 Å². The van der Waals surface area contributed by atoms with Gasteiger partial charge in [-0.05, 0) is 24.3 Å². The van der Waals surface area contributed by atoms with Crippen LogP contribution in [0.2, 0.25) is 0 Å². The third kappa shape index (κ3) is 1.95. The first-order chi connectivity index (χ1) is 9.56. The first kappa shape index (κ1) is 12.4. The van der Waals surface area contributed by atoms with Crippen molar-refractivity contribution in [2.24, 2.45) is 0 Å². The quantitative estimate of drug-likeness (QED) is 0.627. The van der Waals surface area contributed by atoms with Crippen molar-refractivity contribution in [2.45, 2.75) is 12.5 Å². The van der Waals surface area contributed by atoms with Gasteiger partial charge in [-0.25, -0.2) is 0 Å². The van der Waals surface area contributed by atoms with Crippen molar-refractivity contribution < 1.29 is 9.59 Å². The monoisotopic (exact) mass is 270 g/mol. The molecule has 2 aromatic rings. The van der Waals surface area contributed by atoms with Crippen molar-refractivity contribution >= 4 is 34.1 Å². The maximum Gasteiger partial charge on any atom is 0.251 e. The zero-order chi connectivity index (χ0) is 14.3. The molecule has 1 aromatic heterocycles. The lowest BCUT2D eigenvalue weighted by molar-refractivity contribution is -0.136. The predicted octanol–water partition coefficient (Wildman–Crippen LogP) is 0.986. The van der Waals surface area contributed by atoms with Crippen LogP contribution in [-0.4, -0.2) is 34.8 Å². The maximum atomic E-state index is 11.9. The fourth-order valence-corrected chi connectivity index (χ4v) is 2.35. The van der Waals surface area contributed by atoms with Gasteiger partial charge in [0.25, 0.3) is 5.91 Å². The van der Waals surface area contributed by atoms with E-state index < -0.39 is 6.04 Å². The van der Waals surface area contributed by atoms with Crippen LogP contribution in [0.5, 0.6) is 0 Å². The lowest BCUT2D eigenvalue weighted by Crippen LogP contribution is -2.31. The van der Waals surface area contributed by atoms with Gasteiger partial charge in [0.15, 0.2) is 0 Å². The topological polar surface area (TPSA) is 88.3 Å². The summed E-state index contributed by atoms with van der Waals surface area (Å²) in [6.45, 7) is 0. The fraction of sp³-hybridized carbons (Fsp3) is 0.214. The van der Waals surface area contributed by atoms with Crippen molar-refractivity contribution in [3.05, 3.63) is 30.5 Å². The molecule has 1 saturated heterocycles. The van der Waals surface area contributed by atoms with Gasteiger partial charge in [0.2, 0.25) is 5.91 Å². The molecule has 1 unspecified atom stereocenters. The number of hydrogen-bond donors (Lipinski definition) is 2. The molecule has 0 radical (unpaired) electrons. The van der Waals surface area contributed by atoms with Crippen molar-refractivity contribution in [3.8, 4) is 0 Å². The number of nitrogen functional groups attached to an aromatic ring is 1. The van der Waals surface area contributed by atoms with E-state index in [0.29, 0.717) is 5.69 Å². The number of benzene rings is 1. The Morgan fingerprint density at radius 2 is 2.15 bits per heavy atom. The Hall–Kier alpha value is -2.63. The summed E-state index contributed by atoms with van der Waals surface area (Å²) in [6, 6.07) is 6.67. The summed E-state index contributed by atoms with van der Waals surface area (Å²) >= 11 is 0. The molecule has 1 aromatic carbocycles. The molecule has 6 nitrogen and oxygen atoms in total. The smallest absolute Gasteiger partial charge is 0.251 e. The summed E-state index contributed by atoms with van der Waals surface area (Å²) < 4.78 is 0. The van der Waals surface area contributed by atoms with E-state index >= 15 is 0 Å². The highest BCUT2D eigenvalue weighted by atomic mass is 16.2. The van der Waals surface area contributed by atoms with Crippen LogP contribution in [0.4, 0.5) is 11.4 Å². The Balaban J connectivity index is 1.96. The number of nitrogens with two attached hydrogens (primary N) is 1. The molecule has 0 saturated carbocycles. The fourth-order valence-electron chi connectivity index (χ4n) is 2.35. The Morgan fingerprint density at radius 3 is 2.85 bits per heavy atom. The number of rotatable bonds is 2. The van der Waals surface area contributed by atoms with Crippen LogP contribution in [-0.2, 0) is 9.59 Å². The molecule has 2 amide bonds. The zero-order valence-corrected chi connectivity index (χ0v) is 11.0. The molecule has 2 heterocycles. The van der Waals surface area contributed by atoms with E-state index in [4.69, 9.17) is 5.73 Å². The van der Waals surface area contributed by atoms with Crippen molar-refractivity contribution in [2.75, 3.05) is 18.1 Å². The van der Waals surface area contributed by atoms with Crippen LogP contribution in [0.3, 0.4) is 0 Å². The molecule has 3 N–H and O–H groups in total. The van der Waals surface area contributed by atoms with Gasteiger partial charge in [-0.3, -0.25) is 19.5 Å². The van der Waals surface area contributed by atoms with E-state index in [2.05, 4.69) is 10.3 Å².